The molecule has 0 aromatic carbocycles. The Balaban J connectivity index is 4.41. The Bertz CT molecular complexity index is 1570. The van der Waals surface area contributed by atoms with E-state index < -0.39 is 110 Å². The molecule has 34 heteroatoms. The van der Waals surface area contributed by atoms with Crippen LogP contribution < -0.4 is 21.3 Å². The summed E-state index contributed by atoms with van der Waals surface area (Å²) in [6.45, 7) is -1.97. The van der Waals surface area contributed by atoms with Crippen molar-refractivity contribution in [1.29, 1.82) is 0 Å². The summed E-state index contributed by atoms with van der Waals surface area (Å²) in [5.74, 6) is -75.0. The molecule has 0 bridgehead atoms. The highest BCUT2D eigenvalue weighted by Crippen LogP contribution is 2.62. The lowest BCUT2D eigenvalue weighted by Gasteiger charge is -2.39. The molecule has 0 aromatic rings. The van der Waals surface area contributed by atoms with Gasteiger partial charge in [-0.05, 0) is 25.7 Å². The maximum Gasteiger partial charge on any atom is 0.460 e. The van der Waals surface area contributed by atoms with Crippen molar-refractivity contribution < 1.29 is 133 Å². The van der Waals surface area contributed by atoms with Gasteiger partial charge in [0.15, 0.2) is 0 Å². The number of urea groups is 2. The lowest BCUT2D eigenvalue weighted by atomic mass is 9.92. The molecule has 4 amide bonds. The van der Waals surface area contributed by atoms with Gasteiger partial charge in [-0.3, -0.25) is 0 Å². The fraction of sp³-hybridized carbons (Fsp3) is 0.947. The molecule has 0 saturated heterocycles. The highest BCUT2D eigenvalue weighted by molar-refractivity contribution is 5.74. The molecule has 72 heavy (non-hydrogen) atoms. The zero-order chi connectivity index (χ0) is 57.1. The van der Waals surface area contributed by atoms with Crippen LogP contribution in [0.25, 0.3) is 0 Å². The SMILES string of the molecule is C[N+](C)(CCCCCCCCCCCC[N+](C)(C)CCNC(=O)NCCC(F)(F)C(F)(F)C(F)(F)C(F)(F)C(F)(F)C(F)(F)F)CCNC(=O)NCCC(F)(F)C(F)(F)C(F)(F)C(F)(F)C(F)(F)C(F)(F)F. The molecular weight excluding hydrogens is 1070 g/mol. The number of carbonyl (C=O) groups excluding carboxylic acids is 2. The van der Waals surface area contributed by atoms with Crippen LogP contribution in [0.4, 0.5) is 124 Å². The first-order valence-electron chi connectivity index (χ1n) is 21.5. The van der Waals surface area contributed by atoms with Crippen LogP contribution in [0.15, 0.2) is 0 Å². The zero-order valence-electron chi connectivity index (χ0n) is 38.7. The van der Waals surface area contributed by atoms with Crippen LogP contribution in [-0.2, 0) is 0 Å². The van der Waals surface area contributed by atoms with Gasteiger partial charge in [0.05, 0.1) is 67.5 Å². The molecule has 0 radical (unpaired) electrons. The summed E-state index contributed by atoms with van der Waals surface area (Å²) in [6, 6.07) is -2.63. The van der Waals surface area contributed by atoms with E-state index in [0.717, 1.165) is 64.2 Å². The molecule has 0 aromatic heterocycles. The number of hydrogen-bond acceptors (Lipinski definition) is 2. The van der Waals surface area contributed by atoms with Crippen molar-refractivity contribution in [2.45, 2.75) is 149 Å². The monoisotopic (exact) mass is 1120 g/mol. The predicted molar refractivity (Wildman–Crippen MR) is 203 cm³/mol. The summed E-state index contributed by atoms with van der Waals surface area (Å²) in [7, 11) is 6.99. The summed E-state index contributed by atoms with van der Waals surface area (Å²) in [5, 5.41) is 7.35. The molecule has 0 heterocycles. The fourth-order valence-electron chi connectivity index (χ4n) is 6.37. The molecule has 0 aliphatic heterocycles. The van der Waals surface area contributed by atoms with Gasteiger partial charge in [-0.2, -0.15) is 114 Å². The second kappa shape index (κ2) is 24.5. The maximum atomic E-state index is 13.9. The third-order valence-electron chi connectivity index (χ3n) is 11.2. The van der Waals surface area contributed by atoms with Crippen molar-refractivity contribution in [2.75, 3.05) is 80.5 Å². The number of amides is 4. The lowest BCUT2D eigenvalue weighted by molar-refractivity contribution is -0.889. The molecule has 4 N–H and O–H groups in total. The third-order valence-corrected chi connectivity index (χ3v) is 11.2. The average Bonchev–Trinajstić information content (AvgIpc) is 3.19. The number of likely N-dealkylation sites (N-methyl/N-ethyl adjacent to an activating group) is 2. The molecule has 430 valence electrons. The van der Waals surface area contributed by atoms with Crippen LogP contribution in [0.3, 0.4) is 0 Å². The number of quaternary nitrogens is 2. The number of nitrogens with one attached hydrogen (secondary N) is 4. The summed E-state index contributed by atoms with van der Waals surface area (Å²) in [4.78, 5) is 23.8. The van der Waals surface area contributed by atoms with E-state index in [1.165, 1.54) is 10.6 Å². The van der Waals surface area contributed by atoms with E-state index >= 15 is 0 Å². The van der Waals surface area contributed by atoms with E-state index in [4.69, 9.17) is 0 Å². The number of rotatable bonds is 33. The molecule has 0 atom stereocenters. The molecule has 0 unspecified atom stereocenters. The van der Waals surface area contributed by atoms with Crippen molar-refractivity contribution in [1.82, 2.24) is 21.3 Å². The standard InChI is InChI=1S/C38H54F26N6O2/c1-69(2,23-19-67-25(71)65-17-15-27(39,40)29(43,44)31(47,48)33(51,52)35(55,56)37(59,60)61)21-13-11-9-7-5-6-8-10-12-14-22-70(3,4)24-20-68-26(72)66-18-16-28(41,42)30(45,46)32(49,50)34(53,54)36(57,58)38(62,63)64/h5-24H2,1-4H3,(H2-2,65,66,67,68,71,72)/p+2. The van der Waals surface area contributed by atoms with E-state index in [2.05, 4.69) is 10.6 Å². The van der Waals surface area contributed by atoms with Crippen molar-refractivity contribution >= 4 is 12.1 Å². The Morgan fingerprint density at radius 3 is 0.736 bits per heavy atom. The number of hydrogen-bond donors (Lipinski definition) is 4. The molecule has 8 nitrogen and oxygen atoms in total. The smallest absolute Gasteiger partial charge is 0.338 e. The first-order valence-corrected chi connectivity index (χ1v) is 21.5. The van der Waals surface area contributed by atoms with Crippen molar-refractivity contribution in [3.05, 3.63) is 0 Å². The van der Waals surface area contributed by atoms with Crippen LogP contribution in [0, 0.1) is 0 Å². The molecule has 0 saturated carbocycles. The number of unbranched alkanes of at least 4 members (excludes halogenated alkanes) is 9. The molecular formula is C38H56F26N6O2+2. The van der Waals surface area contributed by atoms with Gasteiger partial charge in [0, 0.05) is 25.9 Å². The Morgan fingerprint density at radius 1 is 0.292 bits per heavy atom. The second-order valence-electron chi connectivity index (χ2n) is 18.2. The van der Waals surface area contributed by atoms with Gasteiger partial charge in [0.2, 0.25) is 0 Å². The Hall–Kier alpha value is -3.36. The van der Waals surface area contributed by atoms with Crippen LogP contribution in [0.5, 0.6) is 0 Å². The molecule has 0 aliphatic carbocycles. The summed E-state index contributed by atoms with van der Waals surface area (Å²) < 4.78 is 345. The van der Waals surface area contributed by atoms with Crippen molar-refractivity contribution in [3.63, 3.8) is 0 Å². The van der Waals surface area contributed by atoms with E-state index in [1.54, 1.807) is 28.2 Å². The highest BCUT2D eigenvalue weighted by atomic mass is 19.4. The molecule has 0 rings (SSSR count). The van der Waals surface area contributed by atoms with Crippen molar-refractivity contribution in [3.8, 4) is 0 Å². The van der Waals surface area contributed by atoms with Gasteiger partial charge in [-0.15, -0.1) is 0 Å². The Morgan fingerprint density at radius 2 is 0.500 bits per heavy atom. The molecule has 0 spiro atoms. The Kier molecular flexibility index (Phi) is 23.4. The van der Waals surface area contributed by atoms with E-state index in [1.807, 2.05) is 0 Å². The predicted octanol–water partition coefficient (Wildman–Crippen LogP) is 11.9. The first-order chi connectivity index (χ1) is 31.9. The van der Waals surface area contributed by atoms with Crippen LogP contribution >= 0.6 is 0 Å². The van der Waals surface area contributed by atoms with Gasteiger partial charge in [0.25, 0.3) is 0 Å². The largest absolute Gasteiger partial charge is 0.460 e. The maximum absolute atomic E-state index is 13.9. The van der Waals surface area contributed by atoms with Crippen LogP contribution in [0.2, 0.25) is 0 Å². The highest BCUT2D eigenvalue weighted by Gasteiger charge is 2.92. The van der Waals surface area contributed by atoms with Crippen molar-refractivity contribution in [2.24, 2.45) is 0 Å². The summed E-state index contributed by atoms with van der Waals surface area (Å²) in [6.07, 6.45) is -11.8. The molecule has 0 aliphatic rings. The molecule has 0 fully saturated rings. The van der Waals surface area contributed by atoms with Gasteiger partial charge < -0.3 is 30.2 Å². The zero-order valence-corrected chi connectivity index (χ0v) is 38.7. The fourth-order valence-corrected chi connectivity index (χ4v) is 6.37. The summed E-state index contributed by atoms with van der Waals surface area (Å²) in [5.41, 5.74) is 0. The van der Waals surface area contributed by atoms with Gasteiger partial charge in [-0.25, -0.2) is 9.59 Å². The van der Waals surface area contributed by atoms with E-state index in [9.17, 15) is 124 Å². The number of alkyl halides is 26. The topological polar surface area (TPSA) is 82.3 Å². The van der Waals surface area contributed by atoms with Gasteiger partial charge in [0.1, 0.15) is 0 Å². The minimum Gasteiger partial charge on any atom is -0.338 e. The lowest BCUT2D eigenvalue weighted by Crippen LogP contribution is -2.70. The van der Waals surface area contributed by atoms with Gasteiger partial charge in [-0.1, -0.05) is 38.5 Å². The number of halogens is 26. The van der Waals surface area contributed by atoms with Crippen LogP contribution in [0.1, 0.15) is 77.0 Å². The summed E-state index contributed by atoms with van der Waals surface area (Å²) >= 11 is 0. The Labute approximate surface area is 395 Å². The minimum absolute atomic E-state index is 0.156. The minimum atomic E-state index is -8.01. The number of nitrogens with zero attached hydrogens (tertiary/aromatic N) is 2. The second-order valence-corrected chi connectivity index (χ2v) is 18.2. The normalized spacial score (nSPS) is 14.9. The number of carbonyl (C=O) groups is 2. The van der Waals surface area contributed by atoms with Crippen LogP contribution in [-0.4, -0.2) is 173 Å². The first kappa shape index (κ1) is 68.6. The van der Waals surface area contributed by atoms with E-state index in [0.29, 0.717) is 22.1 Å². The third kappa shape index (κ3) is 16.6. The average molecular weight is 1120 g/mol. The van der Waals surface area contributed by atoms with Gasteiger partial charge >= 0.3 is 83.6 Å². The van der Waals surface area contributed by atoms with E-state index in [-0.39, 0.29) is 26.2 Å². The quantitative estimate of drug-likeness (QED) is 0.0300.